The lowest BCUT2D eigenvalue weighted by Crippen LogP contribution is -2.33. The van der Waals surface area contributed by atoms with Gasteiger partial charge in [0.05, 0.1) is 19.3 Å². The first-order valence-corrected chi connectivity index (χ1v) is 10.8. The van der Waals surface area contributed by atoms with Crippen molar-refractivity contribution in [2.45, 2.75) is 31.3 Å². The number of fused-ring (bicyclic) bond motifs is 1. The molecule has 0 fully saturated rings. The van der Waals surface area contributed by atoms with Crippen LogP contribution >= 0.6 is 11.8 Å². The van der Waals surface area contributed by atoms with Crippen LogP contribution in [0.4, 0.5) is 5.82 Å². The number of hydrogen-bond donors (Lipinski definition) is 1. The number of benzene rings is 1. The SMILES string of the molecule is C=CCSc1nc(=O)c2c(n1C)NC(=O)C[C@H]2c1ccc(OCC(C)C)c(OC)c1. The Morgan fingerprint density at radius 3 is 2.80 bits per heavy atom. The third-order valence-corrected chi connectivity index (χ3v) is 5.82. The molecular weight excluding hydrogens is 402 g/mol. The first-order valence-electron chi connectivity index (χ1n) is 9.80. The molecular formula is C22H27N3O4S. The summed E-state index contributed by atoms with van der Waals surface area (Å²) in [4.78, 5) is 29.6. The fourth-order valence-electron chi connectivity index (χ4n) is 3.36. The molecule has 1 amide bonds. The van der Waals surface area contributed by atoms with E-state index in [-0.39, 0.29) is 17.9 Å². The fraction of sp³-hybridized carbons (Fsp3) is 0.409. The monoisotopic (exact) mass is 429 g/mol. The lowest BCUT2D eigenvalue weighted by Gasteiger charge is -2.28. The van der Waals surface area contributed by atoms with Gasteiger partial charge in [-0.1, -0.05) is 37.8 Å². The van der Waals surface area contributed by atoms with Crippen molar-refractivity contribution in [1.29, 1.82) is 0 Å². The minimum absolute atomic E-state index is 0.146. The third-order valence-electron chi connectivity index (χ3n) is 4.79. The molecule has 160 valence electrons. The van der Waals surface area contributed by atoms with Gasteiger partial charge in [0.1, 0.15) is 5.82 Å². The molecule has 1 aliphatic heterocycles. The molecule has 0 saturated heterocycles. The number of thioether (sulfide) groups is 1. The molecule has 1 aliphatic rings. The van der Waals surface area contributed by atoms with Crippen molar-refractivity contribution >= 4 is 23.5 Å². The van der Waals surface area contributed by atoms with Crippen LogP contribution in [0.15, 0.2) is 40.8 Å². The number of amides is 1. The van der Waals surface area contributed by atoms with Crippen molar-refractivity contribution in [2.24, 2.45) is 13.0 Å². The van der Waals surface area contributed by atoms with Gasteiger partial charge < -0.3 is 19.4 Å². The number of hydrogen-bond acceptors (Lipinski definition) is 6. The predicted octanol–water partition coefficient (Wildman–Crippen LogP) is 3.58. The lowest BCUT2D eigenvalue weighted by atomic mass is 9.86. The molecule has 8 heteroatoms. The molecule has 0 radical (unpaired) electrons. The second kappa shape index (κ2) is 9.38. The van der Waals surface area contributed by atoms with Gasteiger partial charge in [-0.3, -0.25) is 9.59 Å². The standard InChI is InChI=1S/C22H27N3O4S/c1-6-9-30-22-24-21(27)19-15(11-18(26)23-20(19)25(22)4)14-7-8-16(17(10-14)28-5)29-12-13(2)3/h6-8,10,13,15H,1,9,11-12H2,2-5H3,(H,23,26)/t15-/m0/s1. The molecule has 0 bridgehead atoms. The van der Waals surface area contributed by atoms with Crippen LogP contribution in [-0.2, 0) is 11.8 Å². The summed E-state index contributed by atoms with van der Waals surface area (Å²) in [7, 11) is 3.37. The Bertz CT molecular complexity index is 1020. The normalized spacial score (nSPS) is 15.5. The highest BCUT2D eigenvalue weighted by Crippen LogP contribution is 2.39. The molecule has 0 saturated carbocycles. The average Bonchev–Trinajstić information content (AvgIpc) is 2.72. The van der Waals surface area contributed by atoms with Crippen molar-refractivity contribution in [2.75, 3.05) is 24.8 Å². The van der Waals surface area contributed by atoms with Crippen molar-refractivity contribution in [1.82, 2.24) is 9.55 Å². The second-order valence-corrected chi connectivity index (χ2v) is 8.53. The summed E-state index contributed by atoms with van der Waals surface area (Å²) in [6, 6.07) is 5.54. The molecule has 2 aromatic rings. The fourth-order valence-corrected chi connectivity index (χ4v) is 4.06. The van der Waals surface area contributed by atoms with Gasteiger partial charge in [0.2, 0.25) is 5.91 Å². The minimum Gasteiger partial charge on any atom is -0.493 e. The molecule has 1 N–H and O–H groups in total. The van der Waals surface area contributed by atoms with Gasteiger partial charge in [0.25, 0.3) is 5.56 Å². The quantitative estimate of drug-likeness (QED) is 0.392. The highest BCUT2D eigenvalue weighted by molar-refractivity contribution is 7.99. The first-order chi connectivity index (χ1) is 14.3. The Labute approximate surface area is 180 Å². The maximum Gasteiger partial charge on any atom is 0.279 e. The van der Waals surface area contributed by atoms with E-state index in [1.54, 1.807) is 24.8 Å². The van der Waals surface area contributed by atoms with Crippen LogP contribution in [0.25, 0.3) is 0 Å². The Hall–Kier alpha value is -2.74. The van der Waals surface area contributed by atoms with Gasteiger partial charge in [-0.25, -0.2) is 0 Å². The number of ether oxygens (including phenoxy) is 2. The second-order valence-electron chi connectivity index (χ2n) is 7.54. The molecule has 0 spiro atoms. The van der Waals surface area contributed by atoms with Crippen LogP contribution in [0.3, 0.4) is 0 Å². The number of rotatable bonds is 8. The summed E-state index contributed by atoms with van der Waals surface area (Å²) in [6.45, 7) is 8.41. The largest absolute Gasteiger partial charge is 0.493 e. The molecule has 1 aromatic heterocycles. The number of methoxy groups -OCH3 is 1. The van der Waals surface area contributed by atoms with Gasteiger partial charge in [-0.2, -0.15) is 4.98 Å². The number of anilines is 1. The maximum absolute atomic E-state index is 12.9. The van der Waals surface area contributed by atoms with E-state index in [9.17, 15) is 9.59 Å². The number of nitrogens with zero attached hydrogens (tertiary/aromatic N) is 2. The van der Waals surface area contributed by atoms with Crippen LogP contribution in [0.2, 0.25) is 0 Å². The van der Waals surface area contributed by atoms with Gasteiger partial charge in [0, 0.05) is 25.1 Å². The minimum atomic E-state index is -0.411. The molecule has 7 nitrogen and oxygen atoms in total. The van der Waals surface area contributed by atoms with Crippen molar-refractivity contribution in [3.05, 3.63) is 52.3 Å². The summed E-state index contributed by atoms with van der Waals surface area (Å²) in [5, 5.41) is 3.38. The van der Waals surface area contributed by atoms with E-state index in [1.165, 1.54) is 11.8 Å². The Kier molecular flexibility index (Phi) is 6.87. The summed E-state index contributed by atoms with van der Waals surface area (Å²) < 4.78 is 13.1. The van der Waals surface area contributed by atoms with Gasteiger partial charge >= 0.3 is 0 Å². The zero-order valence-corrected chi connectivity index (χ0v) is 18.5. The van der Waals surface area contributed by atoms with E-state index in [4.69, 9.17) is 9.47 Å². The third kappa shape index (κ3) is 4.53. The summed E-state index contributed by atoms with van der Waals surface area (Å²) in [5.41, 5.74) is 0.960. The summed E-state index contributed by atoms with van der Waals surface area (Å²) >= 11 is 1.39. The van der Waals surface area contributed by atoms with E-state index in [0.717, 1.165) is 5.56 Å². The van der Waals surface area contributed by atoms with Crippen LogP contribution in [-0.4, -0.2) is 34.9 Å². The Balaban J connectivity index is 2.04. The van der Waals surface area contributed by atoms with E-state index in [1.807, 2.05) is 18.2 Å². The van der Waals surface area contributed by atoms with E-state index in [0.29, 0.717) is 46.3 Å². The number of nitrogens with one attached hydrogen (secondary N) is 1. The predicted molar refractivity (Wildman–Crippen MR) is 119 cm³/mol. The summed E-state index contributed by atoms with van der Waals surface area (Å²) in [6.07, 6.45) is 1.91. The Morgan fingerprint density at radius 2 is 2.13 bits per heavy atom. The van der Waals surface area contributed by atoms with Crippen LogP contribution in [0.1, 0.15) is 37.3 Å². The van der Waals surface area contributed by atoms with Gasteiger partial charge in [-0.15, -0.1) is 6.58 Å². The lowest BCUT2D eigenvalue weighted by molar-refractivity contribution is -0.116. The van der Waals surface area contributed by atoms with E-state index < -0.39 is 5.92 Å². The zero-order chi connectivity index (χ0) is 21.8. The maximum atomic E-state index is 12.9. The number of carbonyl (C=O) groups is 1. The van der Waals surface area contributed by atoms with Crippen molar-refractivity contribution in [3.63, 3.8) is 0 Å². The van der Waals surface area contributed by atoms with Gasteiger partial charge in [-0.05, 0) is 23.6 Å². The average molecular weight is 430 g/mol. The number of carbonyl (C=O) groups excluding carboxylic acids is 1. The molecule has 0 unspecified atom stereocenters. The van der Waals surface area contributed by atoms with Crippen LogP contribution in [0, 0.1) is 5.92 Å². The first kappa shape index (κ1) is 22.0. The number of aromatic nitrogens is 2. The molecule has 1 atom stereocenters. The molecule has 1 aromatic carbocycles. The highest BCUT2D eigenvalue weighted by Gasteiger charge is 2.32. The smallest absolute Gasteiger partial charge is 0.279 e. The molecule has 0 aliphatic carbocycles. The van der Waals surface area contributed by atoms with Crippen molar-refractivity contribution < 1.29 is 14.3 Å². The van der Waals surface area contributed by atoms with E-state index >= 15 is 0 Å². The Morgan fingerprint density at radius 1 is 1.37 bits per heavy atom. The molecule has 3 rings (SSSR count). The molecule has 30 heavy (non-hydrogen) atoms. The van der Waals surface area contributed by atoms with E-state index in [2.05, 4.69) is 30.7 Å². The van der Waals surface area contributed by atoms with Crippen molar-refractivity contribution in [3.8, 4) is 11.5 Å². The van der Waals surface area contributed by atoms with Crippen LogP contribution in [0.5, 0.6) is 11.5 Å². The zero-order valence-electron chi connectivity index (χ0n) is 17.7. The summed E-state index contributed by atoms with van der Waals surface area (Å²) in [5.74, 6) is 2.14. The highest BCUT2D eigenvalue weighted by atomic mass is 32.2. The molecule has 2 heterocycles. The van der Waals surface area contributed by atoms with Crippen LogP contribution < -0.4 is 20.3 Å². The topological polar surface area (TPSA) is 82.5 Å². The van der Waals surface area contributed by atoms with Gasteiger partial charge in [0.15, 0.2) is 16.7 Å².